The molecule has 148 valence electrons. The Hall–Kier alpha value is -3.05. The second-order valence-electron chi connectivity index (χ2n) is 7.85. The Kier molecular flexibility index (Phi) is 5.41. The Morgan fingerprint density at radius 3 is 2.55 bits per heavy atom. The summed E-state index contributed by atoms with van der Waals surface area (Å²) in [5.74, 6) is -0.510. The summed E-state index contributed by atoms with van der Waals surface area (Å²) in [6.45, 7) is 1.96. The number of carbonyl (C=O) groups excluding carboxylic acids is 1. The predicted octanol–water partition coefficient (Wildman–Crippen LogP) is 3.81. The van der Waals surface area contributed by atoms with Crippen LogP contribution in [0.2, 0.25) is 0 Å². The van der Waals surface area contributed by atoms with Gasteiger partial charge in [0, 0.05) is 25.5 Å². The summed E-state index contributed by atoms with van der Waals surface area (Å²) in [6, 6.07) is 18.8. The van der Waals surface area contributed by atoms with Crippen LogP contribution in [0, 0.1) is 11.2 Å². The summed E-state index contributed by atoms with van der Waals surface area (Å²) >= 11 is 0. The van der Waals surface area contributed by atoms with E-state index in [1.807, 2.05) is 30.3 Å². The van der Waals surface area contributed by atoms with Gasteiger partial charge in [-0.15, -0.1) is 0 Å². The number of pyridine rings is 1. The van der Waals surface area contributed by atoms with E-state index < -0.39 is 5.41 Å². The van der Waals surface area contributed by atoms with Crippen molar-refractivity contribution in [3.05, 3.63) is 90.0 Å². The average Bonchev–Trinajstić information content (AvgIpc) is 3.13. The van der Waals surface area contributed by atoms with Gasteiger partial charge in [0.1, 0.15) is 5.82 Å². The molecule has 0 unspecified atom stereocenters. The van der Waals surface area contributed by atoms with Crippen LogP contribution < -0.4 is 5.73 Å². The molecule has 1 aliphatic heterocycles. The Bertz CT molecular complexity index is 1010. The topological polar surface area (TPSA) is 59.2 Å². The van der Waals surface area contributed by atoms with Crippen LogP contribution in [0.1, 0.15) is 17.5 Å². The van der Waals surface area contributed by atoms with Gasteiger partial charge in [0.05, 0.1) is 5.41 Å². The Balaban J connectivity index is 1.52. The number of nitrogens with two attached hydrogens (primary N) is 1. The standard InChI is InChI=1S/C24H24FN3O/c25-22-6-2-4-19(14-22)16-28-12-9-24(17-28,23(26)29)15-18-3-1-5-21(13-18)20-7-10-27-11-8-20/h1-8,10-11,13-14H,9,12,15-17H2,(H2,26,29)/t24-/m0/s1. The summed E-state index contributed by atoms with van der Waals surface area (Å²) in [5, 5.41) is 0. The van der Waals surface area contributed by atoms with E-state index in [4.69, 9.17) is 5.73 Å². The van der Waals surface area contributed by atoms with Crippen molar-refractivity contribution < 1.29 is 9.18 Å². The van der Waals surface area contributed by atoms with Crippen LogP contribution in [0.3, 0.4) is 0 Å². The first-order valence-electron chi connectivity index (χ1n) is 9.80. The zero-order valence-corrected chi connectivity index (χ0v) is 16.2. The average molecular weight is 389 g/mol. The molecule has 1 amide bonds. The number of benzene rings is 2. The third-order valence-corrected chi connectivity index (χ3v) is 5.73. The molecule has 29 heavy (non-hydrogen) atoms. The molecule has 1 saturated heterocycles. The van der Waals surface area contributed by atoms with E-state index in [2.05, 4.69) is 22.0 Å². The molecule has 1 atom stereocenters. The number of carbonyl (C=O) groups is 1. The van der Waals surface area contributed by atoms with Gasteiger partial charge in [-0.1, -0.05) is 36.4 Å². The van der Waals surface area contributed by atoms with Crippen molar-refractivity contribution in [1.29, 1.82) is 0 Å². The smallest absolute Gasteiger partial charge is 0.225 e. The molecule has 2 heterocycles. The van der Waals surface area contributed by atoms with Crippen molar-refractivity contribution in [3.63, 3.8) is 0 Å². The molecule has 1 aliphatic rings. The minimum absolute atomic E-state index is 0.240. The number of nitrogens with zero attached hydrogens (tertiary/aromatic N) is 2. The minimum atomic E-state index is -0.607. The fourth-order valence-corrected chi connectivity index (χ4v) is 4.22. The maximum atomic E-state index is 13.5. The van der Waals surface area contributed by atoms with Gasteiger partial charge in [-0.05, 0) is 65.9 Å². The largest absolute Gasteiger partial charge is 0.369 e. The normalized spacial score (nSPS) is 19.3. The second kappa shape index (κ2) is 8.13. The lowest BCUT2D eigenvalue weighted by molar-refractivity contribution is -0.127. The molecule has 5 heteroatoms. The molecule has 1 fully saturated rings. The number of amides is 1. The van der Waals surface area contributed by atoms with Crippen molar-refractivity contribution >= 4 is 5.91 Å². The van der Waals surface area contributed by atoms with Gasteiger partial charge in [0.15, 0.2) is 0 Å². The Morgan fingerprint density at radius 1 is 1.03 bits per heavy atom. The van der Waals surface area contributed by atoms with Crippen LogP contribution in [-0.4, -0.2) is 28.9 Å². The molecule has 0 spiro atoms. The summed E-state index contributed by atoms with van der Waals surface area (Å²) in [4.78, 5) is 18.7. The first-order valence-corrected chi connectivity index (χ1v) is 9.80. The van der Waals surface area contributed by atoms with Crippen LogP contribution in [-0.2, 0) is 17.8 Å². The van der Waals surface area contributed by atoms with Crippen molar-refractivity contribution in [2.75, 3.05) is 13.1 Å². The predicted molar refractivity (Wildman–Crippen MR) is 111 cm³/mol. The van der Waals surface area contributed by atoms with E-state index in [0.717, 1.165) is 28.8 Å². The molecule has 1 aromatic heterocycles. The molecular formula is C24H24FN3O. The highest BCUT2D eigenvalue weighted by atomic mass is 19.1. The Morgan fingerprint density at radius 2 is 1.79 bits per heavy atom. The summed E-state index contributed by atoms with van der Waals surface area (Å²) in [6.07, 6.45) is 4.85. The molecule has 4 nitrogen and oxygen atoms in total. The van der Waals surface area contributed by atoms with E-state index in [1.54, 1.807) is 24.5 Å². The van der Waals surface area contributed by atoms with E-state index in [9.17, 15) is 9.18 Å². The van der Waals surface area contributed by atoms with E-state index in [1.165, 1.54) is 6.07 Å². The van der Waals surface area contributed by atoms with E-state index in [-0.39, 0.29) is 11.7 Å². The maximum absolute atomic E-state index is 13.5. The van der Waals surface area contributed by atoms with Gasteiger partial charge in [-0.2, -0.15) is 0 Å². The fraction of sp³-hybridized carbons (Fsp3) is 0.250. The lowest BCUT2D eigenvalue weighted by Gasteiger charge is -2.26. The Labute approximate surface area is 170 Å². The van der Waals surface area contributed by atoms with Crippen LogP contribution >= 0.6 is 0 Å². The number of primary amides is 1. The third kappa shape index (κ3) is 4.35. The molecular weight excluding hydrogens is 365 g/mol. The van der Waals surface area contributed by atoms with Crippen LogP contribution in [0.4, 0.5) is 4.39 Å². The van der Waals surface area contributed by atoms with Gasteiger partial charge in [-0.3, -0.25) is 14.7 Å². The van der Waals surface area contributed by atoms with Gasteiger partial charge in [-0.25, -0.2) is 4.39 Å². The summed E-state index contributed by atoms with van der Waals surface area (Å²) in [7, 11) is 0. The molecule has 0 bridgehead atoms. The summed E-state index contributed by atoms with van der Waals surface area (Å²) < 4.78 is 13.5. The van der Waals surface area contributed by atoms with Crippen LogP contribution in [0.25, 0.3) is 11.1 Å². The number of hydrogen-bond donors (Lipinski definition) is 1. The SMILES string of the molecule is NC(=O)[C@]1(Cc2cccc(-c3ccncc3)c2)CCN(Cc2cccc(F)c2)C1. The number of likely N-dealkylation sites (tertiary alicyclic amines) is 1. The van der Waals surface area contributed by atoms with Gasteiger partial charge < -0.3 is 5.73 Å². The van der Waals surface area contributed by atoms with Gasteiger partial charge in [0.2, 0.25) is 5.91 Å². The molecule has 0 aliphatic carbocycles. The number of rotatable bonds is 6. The second-order valence-corrected chi connectivity index (χ2v) is 7.85. The fourth-order valence-electron chi connectivity index (χ4n) is 4.22. The van der Waals surface area contributed by atoms with E-state index >= 15 is 0 Å². The number of halogens is 1. The number of aromatic nitrogens is 1. The minimum Gasteiger partial charge on any atom is -0.369 e. The number of hydrogen-bond acceptors (Lipinski definition) is 3. The monoisotopic (exact) mass is 389 g/mol. The molecule has 0 radical (unpaired) electrons. The third-order valence-electron chi connectivity index (χ3n) is 5.73. The van der Waals surface area contributed by atoms with Gasteiger partial charge >= 0.3 is 0 Å². The quantitative estimate of drug-likeness (QED) is 0.697. The highest BCUT2D eigenvalue weighted by Gasteiger charge is 2.43. The molecule has 2 N–H and O–H groups in total. The van der Waals surface area contributed by atoms with Crippen molar-refractivity contribution in [2.45, 2.75) is 19.4 Å². The first-order chi connectivity index (χ1) is 14.0. The zero-order valence-electron chi connectivity index (χ0n) is 16.2. The molecule has 2 aromatic carbocycles. The van der Waals surface area contributed by atoms with Crippen LogP contribution in [0.5, 0.6) is 0 Å². The molecule has 4 rings (SSSR count). The lowest BCUT2D eigenvalue weighted by atomic mass is 9.79. The maximum Gasteiger partial charge on any atom is 0.225 e. The van der Waals surface area contributed by atoms with Crippen molar-refractivity contribution in [2.24, 2.45) is 11.1 Å². The molecule has 0 saturated carbocycles. The lowest BCUT2D eigenvalue weighted by Crippen LogP contribution is -2.41. The van der Waals surface area contributed by atoms with Crippen LogP contribution in [0.15, 0.2) is 73.1 Å². The van der Waals surface area contributed by atoms with Gasteiger partial charge in [0.25, 0.3) is 0 Å². The highest BCUT2D eigenvalue weighted by molar-refractivity contribution is 5.82. The van der Waals surface area contributed by atoms with Crippen molar-refractivity contribution in [1.82, 2.24) is 9.88 Å². The highest BCUT2D eigenvalue weighted by Crippen LogP contribution is 2.35. The van der Waals surface area contributed by atoms with Crippen molar-refractivity contribution in [3.8, 4) is 11.1 Å². The first kappa shape index (κ1) is 19.3. The zero-order chi connectivity index (χ0) is 20.3. The summed E-state index contributed by atoms with van der Waals surface area (Å²) in [5.41, 5.74) is 9.45. The van der Waals surface area contributed by atoms with E-state index in [0.29, 0.717) is 25.9 Å². The molecule has 3 aromatic rings.